The molecule has 0 spiro atoms. The quantitative estimate of drug-likeness (QED) is 0.775. The van der Waals surface area contributed by atoms with E-state index in [9.17, 15) is 13.2 Å². The number of carbonyl (C=O) groups is 1. The second-order valence-corrected chi connectivity index (χ2v) is 7.57. The molecule has 112 valence electrons. The average molecular weight is 318 g/mol. The number of esters is 1. The molecule has 1 aromatic rings. The number of thiazole rings is 1. The number of aromatic nitrogens is 1. The van der Waals surface area contributed by atoms with Crippen molar-refractivity contribution in [2.45, 2.75) is 42.9 Å². The van der Waals surface area contributed by atoms with Gasteiger partial charge in [0.1, 0.15) is 0 Å². The summed E-state index contributed by atoms with van der Waals surface area (Å²) in [5.41, 5.74) is 1.25. The van der Waals surface area contributed by atoms with Gasteiger partial charge in [-0.3, -0.25) is 0 Å². The summed E-state index contributed by atoms with van der Waals surface area (Å²) in [6.07, 6.45) is 3.84. The maximum atomic E-state index is 12.7. The fraction of sp³-hybridized carbons (Fsp3) is 0.667. The van der Waals surface area contributed by atoms with Crippen molar-refractivity contribution in [3.63, 3.8) is 0 Å². The second-order valence-electron chi connectivity index (χ2n) is 4.63. The molecule has 2 rings (SSSR count). The smallest absolute Gasteiger partial charge is 0.358 e. The van der Waals surface area contributed by atoms with E-state index >= 15 is 0 Å². The van der Waals surface area contributed by atoms with Gasteiger partial charge >= 0.3 is 5.97 Å². The molecule has 1 aliphatic carbocycles. The largest absolute Gasteiger partial charge is 0.464 e. The Balaban J connectivity index is 2.38. The van der Waals surface area contributed by atoms with E-state index in [1.54, 1.807) is 0 Å². The van der Waals surface area contributed by atoms with Crippen molar-refractivity contribution in [1.82, 2.24) is 9.29 Å². The van der Waals surface area contributed by atoms with Crippen molar-refractivity contribution in [2.75, 3.05) is 13.7 Å². The zero-order valence-corrected chi connectivity index (χ0v) is 13.2. The number of sulfonamides is 1. The third-order valence-electron chi connectivity index (χ3n) is 3.50. The van der Waals surface area contributed by atoms with Crippen molar-refractivity contribution in [3.05, 3.63) is 11.2 Å². The Bertz CT molecular complexity index is 576. The standard InChI is InChI=1S/C12H18N2O4S2/c1-3-14(9-6-4-5-7-9)20(16,17)12-10(11(15)18-2)13-8-19-12/h8-9H,3-7H2,1-2H3. The van der Waals surface area contributed by atoms with Gasteiger partial charge in [-0.1, -0.05) is 19.8 Å². The van der Waals surface area contributed by atoms with Gasteiger partial charge in [0.25, 0.3) is 10.0 Å². The van der Waals surface area contributed by atoms with Crippen LogP contribution in [0.2, 0.25) is 0 Å². The summed E-state index contributed by atoms with van der Waals surface area (Å²) in [7, 11) is -2.47. The van der Waals surface area contributed by atoms with Crippen molar-refractivity contribution in [3.8, 4) is 0 Å². The zero-order valence-electron chi connectivity index (χ0n) is 11.5. The van der Waals surface area contributed by atoms with Gasteiger partial charge in [-0.05, 0) is 12.8 Å². The minimum Gasteiger partial charge on any atom is -0.464 e. The molecule has 6 nitrogen and oxygen atoms in total. The first-order valence-electron chi connectivity index (χ1n) is 6.56. The molecule has 0 aromatic carbocycles. The van der Waals surface area contributed by atoms with Gasteiger partial charge in [-0.15, -0.1) is 11.3 Å². The highest BCUT2D eigenvalue weighted by Crippen LogP contribution is 2.31. The van der Waals surface area contributed by atoms with Crippen molar-refractivity contribution in [2.24, 2.45) is 0 Å². The third kappa shape index (κ3) is 2.72. The Kier molecular flexibility index (Phi) is 4.77. The van der Waals surface area contributed by atoms with Crippen molar-refractivity contribution < 1.29 is 17.9 Å². The highest BCUT2D eigenvalue weighted by atomic mass is 32.2. The van der Waals surface area contributed by atoms with Crippen molar-refractivity contribution in [1.29, 1.82) is 0 Å². The van der Waals surface area contributed by atoms with Crippen LogP contribution in [0.3, 0.4) is 0 Å². The lowest BCUT2D eigenvalue weighted by Gasteiger charge is -2.26. The first-order valence-corrected chi connectivity index (χ1v) is 8.88. The summed E-state index contributed by atoms with van der Waals surface area (Å²) in [5.74, 6) is -0.715. The molecule has 0 unspecified atom stereocenters. The van der Waals surface area contributed by atoms with Crippen LogP contribution >= 0.6 is 11.3 Å². The third-order valence-corrected chi connectivity index (χ3v) is 6.87. The highest BCUT2D eigenvalue weighted by molar-refractivity contribution is 7.91. The number of ether oxygens (including phenoxy) is 1. The molecule has 0 atom stereocenters. The van der Waals surface area contributed by atoms with E-state index in [1.807, 2.05) is 6.92 Å². The Morgan fingerprint density at radius 2 is 2.15 bits per heavy atom. The van der Waals surface area contributed by atoms with E-state index in [-0.39, 0.29) is 15.9 Å². The molecule has 1 fully saturated rings. The molecule has 0 N–H and O–H groups in total. The molecular formula is C12H18N2O4S2. The second kappa shape index (κ2) is 6.19. The molecule has 0 amide bonds. The summed E-state index contributed by atoms with van der Waals surface area (Å²) in [5, 5.41) is 0. The van der Waals surface area contributed by atoms with Gasteiger partial charge in [-0.2, -0.15) is 4.31 Å². The average Bonchev–Trinajstić information content (AvgIpc) is 3.09. The lowest BCUT2D eigenvalue weighted by molar-refractivity contribution is 0.0590. The van der Waals surface area contributed by atoms with Crippen LogP contribution in [-0.2, 0) is 14.8 Å². The lowest BCUT2D eigenvalue weighted by Crippen LogP contribution is -2.38. The molecule has 20 heavy (non-hydrogen) atoms. The molecule has 1 saturated carbocycles. The van der Waals surface area contributed by atoms with Gasteiger partial charge in [0, 0.05) is 12.6 Å². The zero-order chi connectivity index (χ0) is 14.8. The SMILES string of the molecule is CCN(C1CCCC1)S(=O)(=O)c1scnc1C(=O)OC. The summed E-state index contributed by atoms with van der Waals surface area (Å²) >= 11 is 0.961. The van der Waals surface area contributed by atoms with Gasteiger partial charge in [0.2, 0.25) is 0 Å². The number of hydrogen-bond donors (Lipinski definition) is 0. The van der Waals surface area contributed by atoms with Crippen LogP contribution in [0, 0.1) is 0 Å². The van der Waals surface area contributed by atoms with Crippen molar-refractivity contribution >= 4 is 27.3 Å². The molecule has 1 heterocycles. The molecule has 0 bridgehead atoms. The highest BCUT2D eigenvalue weighted by Gasteiger charge is 2.36. The van der Waals surface area contributed by atoms with E-state index in [4.69, 9.17) is 0 Å². The molecule has 0 aliphatic heterocycles. The number of rotatable bonds is 5. The Labute approximate surface area is 122 Å². The van der Waals surface area contributed by atoms with Crippen LogP contribution in [-0.4, -0.2) is 43.4 Å². The van der Waals surface area contributed by atoms with Gasteiger partial charge in [0.15, 0.2) is 9.90 Å². The normalized spacial score (nSPS) is 16.8. The number of carbonyl (C=O) groups excluding carboxylic acids is 1. The maximum Gasteiger partial charge on any atom is 0.358 e. The van der Waals surface area contributed by atoms with Crippen LogP contribution in [0.1, 0.15) is 43.1 Å². The Hall–Kier alpha value is -0.990. The van der Waals surface area contributed by atoms with Gasteiger partial charge in [-0.25, -0.2) is 18.2 Å². The van der Waals surface area contributed by atoms with Crippen LogP contribution in [0.15, 0.2) is 9.72 Å². The summed E-state index contributed by atoms with van der Waals surface area (Å²) < 4.78 is 31.5. The van der Waals surface area contributed by atoms with Gasteiger partial charge in [0.05, 0.1) is 12.6 Å². The number of nitrogens with zero attached hydrogens (tertiary/aromatic N) is 2. The van der Waals surface area contributed by atoms with E-state index < -0.39 is 16.0 Å². The molecule has 8 heteroatoms. The molecule has 1 aliphatic rings. The fourth-order valence-electron chi connectivity index (χ4n) is 2.57. The summed E-state index contributed by atoms with van der Waals surface area (Å²) in [6.45, 7) is 2.21. The predicted octanol–water partition coefficient (Wildman–Crippen LogP) is 1.88. The van der Waals surface area contributed by atoms with Crippen LogP contribution < -0.4 is 0 Å². The van der Waals surface area contributed by atoms with Crippen LogP contribution in [0.25, 0.3) is 0 Å². The van der Waals surface area contributed by atoms with E-state index in [0.29, 0.717) is 6.54 Å². The van der Waals surface area contributed by atoms with E-state index in [1.165, 1.54) is 16.9 Å². The first-order chi connectivity index (χ1) is 9.52. The lowest BCUT2D eigenvalue weighted by atomic mass is 10.2. The summed E-state index contributed by atoms with van der Waals surface area (Å²) in [4.78, 5) is 15.4. The predicted molar refractivity (Wildman–Crippen MR) is 75.3 cm³/mol. The van der Waals surface area contributed by atoms with E-state index in [2.05, 4.69) is 9.72 Å². The Morgan fingerprint density at radius 3 is 2.70 bits per heavy atom. The van der Waals surface area contributed by atoms with Crippen LogP contribution in [0.5, 0.6) is 0 Å². The topological polar surface area (TPSA) is 76.6 Å². The minimum absolute atomic E-state index is 0.0156. The molecular weight excluding hydrogens is 300 g/mol. The maximum absolute atomic E-state index is 12.7. The number of methoxy groups -OCH3 is 1. The first kappa shape index (κ1) is 15.4. The number of hydrogen-bond acceptors (Lipinski definition) is 6. The van der Waals surface area contributed by atoms with Crippen LogP contribution in [0.4, 0.5) is 0 Å². The monoisotopic (exact) mass is 318 g/mol. The summed E-state index contributed by atoms with van der Waals surface area (Å²) in [6, 6.07) is 0.0256. The van der Waals surface area contributed by atoms with Gasteiger partial charge < -0.3 is 4.74 Å². The Morgan fingerprint density at radius 1 is 1.50 bits per heavy atom. The molecule has 1 aromatic heterocycles. The molecule has 0 saturated heterocycles. The minimum atomic E-state index is -3.69. The fourth-order valence-corrected chi connectivity index (χ4v) is 5.52. The molecule has 0 radical (unpaired) electrons. The van der Waals surface area contributed by atoms with E-state index in [0.717, 1.165) is 37.0 Å².